The Balaban J connectivity index is 1.71. The molecule has 0 unspecified atom stereocenters. The molecule has 0 spiro atoms. The first kappa shape index (κ1) is 27.0. The molecule has 2 aromatic carbocycles. The number of nitrogens with zero attached hydrogens (tertiary/aromatic N) is 3. The standard InChI is InChI=1S/C27H33N5O3S/c1-6-15-32-25(24(18(3)4)29-26(34)20-10-8-9-19(5)16-20)30-31-27(32)36-17-23(33)28-21-11-13-22(14-12-21)35-7-2/h6,8-14,16,18,24H,1,7,15,17H2,2-5H3,(H,28,33)(H,29,34)/t24-/m1/s1. The first-order valence-corrected chi connectivity index (χ1v) is 12.9. The molecule has 0 saturated carbocycles. The van der Waals surface area contributed by atoms with Crippen LogP contribution in [0.25, 0.3) is 0 Å². The molecule has 0 aliphatic rings. The summed E-state index contributed by atoms with van der Waals surface area (Å²) in [4.78, 5) is 25.5. The Morgan fingerprint density at radius 1 is 1.17 bits per heavy atom. The average Bonchev–Trinajstić information content (AvgIpc) is 3.24. The van der Waals surface area contributed by atoms with Gasteiger partial charge in [-0.2, -0.15) is 0 Å². The van der Waals surface area contributed by atoms with E-state index in [1.807, 2.05) is 62.6 Å². The van der Waals surface area contributed by atoms with Crippen molar-refractivity contribution in [3.05, 3.63) is 78.1 Å². The molecular formula is C27H33N5O3S. The summed E-state index contributed by atoms with van der Waals surface area (Å²) in [7, 11) is 0. The highest BCUT2D eigenvalue weighted by molar-refractivity contribution is 7.99. The minimum absolute atomic E-state index is 0.0623. The van der Waals surface area contributed by atoms with Gasteiger partial charge in [0.15, 0.2) is 11.0 Å². The van der Waals surface area contributed by atoms with Gasteiger partial charge in [0.05, 0.1) is 18.4 Å². The van der Waals surface area contributed by atoms with Crippen molar-refractivity contribution in [1.29, 1.82) is 0 Å². The first-order chi connectivity index (χ1) is 17.3. The van der Waals surface area contributed by atoms with Gasteiger partial charge in [-0.3, -0.25) is 9.59 Å². The highest BCUT2D eigenvalue weighted by atomic mass is 32.2. The molecule has 0 bridgehead atoms. The van der Waals surface area contributed by atoms with Gasteiger partial charge in [-0.25, -0.2) is 0 Å². The van der Waals surface area contributed by atoms with Gasteiger partial charge in [0, 0.05) is 17.8 Å². The molecule has 0 aliphatic heterocycles. The molecule has 0 fully saturated rings. The molecule has 3 rings (SSSR count). The molecule has 1 aromatic heterocycles. The number of ether oxygens (including phenoxy) is 1. The van der Waals surface area contributed by atoms with E-state index >= 15 is 0 Å². The van der Waals surface area contributed by atoms with Crippen LogP contribution in [0.15, 0.2) is 66.3 Å². The van der Waals surface area contributed by atoms with E-state index in [0.29, 0.717) is 35.4 Å². The molecular weight excluding hydrogens is 474 g/mol. The van der Waals surface area contributed by atoms with Gasteiger partial charge < -0.3 is 19.9 Å². The van der Waals surface area contributed by atoms with Crippen LogP contribution in [0.2, 0.25) is 0 Å². The van der Waals surface area contributed by atoms with Gasteiger partial charge in [0.25, 0.3) is 5.91 Å². The average molecular weight is 508 g/mol. The Bertz CT molecular complexity index is 1190. The fourth-order valence-corrected chi connectivity index (χ4v) is 4.36. The second-order valence-corrected chi connectivity index (χ2v) is 9.54. The molecule has 2 amide bonds. The van der Waals surface area contributed by atoms with Crippen molar-refractivity contribution in [2.45, 2.75) is 45.4 Å². The van der Waals surface area contributed by atoms with E-state index in [9.17, 15) is 9.59 Å². The molecule has 3 aromatic rings. The number of benzene rings is 2. The summed E-state index contributed by atoms with van der Waals surface area (Å²) in [5.74, 6) is 1.27. The molecule has 9 heteroatoms. The van der Waals surface area contributed by atoms with E-state index in [4.69, 9.17) is 4.74 Å². The lowest BCUT2D eigenvalue weighted by atomic mass is 10.0. The van der Waals surface area contributed by atoms with Gasteiger partial charge in [0.1, 0.15) is 5.75 Å². The van der Waals surface area contributed by atoms with Crippen molar-refractivity contribution in [2.75, 3.05) is 17.7 Å². The number of amides is 2. The van der Waals surface area contributed by atoms with E-state index in [-0.39, 0.29) is 29.5 Å². The van der Waals surface area contributed by atoms with Crippen LogP contribution in [0.4, 0.5) is 5.69 Å². The summed E-state index contributed by atoms with van der Waals surface area (Å²) in [6.45, 7) is 12.8. The largest absolute Gasteiger partial charge is 0.494 e. The van der Waals surface area contributed by atoms with Crippen molar-refractivity contribution in [3.8, 4) is 5.75 Å². The maximum Gasteiger partial charge on any atom is 0.251 e. The molecule has 0 radical (unpaired) electrons. The highest BCUT2D eigenvalue weighted by Gasteiger charge is 2.26. The van der Waals surface area contributed by atoms with Crippen molar-refractivity contribution in [3.63, 3.8) is 0 Å². The van der Waals surface area contributed by atoms with Crippen LogP contribution in [0.3, 0.4) is 0 Å². The Morgan fingerprint density at radius 3 is 2.56 bits per heavy atom. The second-order valence-electron chi connectivity index (χ2n) is 8.60. The number of anilines is 1. The molecule has 0 aliphatic carbocycles. The minimum atomic E-state index is -0.363. The molecule has 0 saturated heterocycles. The number of hydrogen-bond acceptors (Lipinski definition) is 6. The number of carbonyl (C=O) groups excluding carboxylic acids is 2. The fraction of sp³-hybridized carbons (Fsp3) is 0.333. The van der Waals surface area contributed by atoms with E-state index in [0.717, 1.165) is 11.3 Å². The van der Waals surface area contributed by atoms with Gasteiger partial charge in [-0.1, -0.05) is 49.4 Å². The zero-order valence-electron chi connectivity index (χ0n) is 21.2. The number of aromatic nitrogens is 3. The van der Waals surface area contributed by atoms with Crippen molar-refractivity contribution in [2.24, 2.45) is 5.92 Å². The Hall–Kier alpha value is -3.59. The summed E-state index contributed by atoms with van der Waals surface area (Å²) in [6.07, 6.45) is 1.75. The van der Waals surface area contributed by atoms with E-state index in [2.05, 4.69) is 27.4 Å². The first-order valence-electron chi connectivity index (χ1n) is 11.9. The number of hydrogen-bond donors (Lipinski definition) is 2. The monoisotopic (exact) mass is 507 g/mol. The van der Waals surface area contributed by atoms with E-state index in [1.54, 1.807) is 24.3 Å². The lowest BCUT2D eigenvalue weighted by molar-refractivity contribution is -0.113. The number of thioether (sulfide) groups is 1. The van der Waals surface area contributed by atoms with Gasteiger partial charge in [0.2, 0.25) is 5.91 Å². The summed E-state index contributed by atoms with van der Waals surface area (Å²) < 4.78 is 7.32. The summed E-state index contributed by atoms with van der Waals surface area (Å²) >= 11 is 1.28. The third kappa shape index (κ3) is 7.21. The Morgan fingerprint density at radius 2 is 1.92 bits per heavy atom. The maximum absolute atomic E-state index is 13.0. The number of carbonyl (C=O) groups is 2. The molecule has 1 atom stereocenters. The quantitative estimate of drug-likeness (QED) is 0.264. The Labute approximate surface area is 216 Å². The molecule has 1 heterocycles. The van der Waals surface area contributed by atoms with E-state index in [1.165, 1.54) is 11.8 Å². The maximum atomic E-state index is 13.0. The summed E-state index contributed by atoms with van der Waals surface area (Å²) in [5.41, 5.74) is 2.30. The normalized spacial score (nSPS) is 11.7. The molecule has 190 valence electrons. The SMILES string of the molecule is C=CCn1c(SCC(=O)Nc2ccc(OCC)cc2)nnc1[C@H](NC(=O)c1cccc(C)c1)C(C)C. The van der Waals surface area contributed by atoms with Crippen molar-refractivity contribution in [1.82, 2.24) is 20.1 Å². The van der Waals surface area contributed by atoms with Crippen LogP contribution in [0.1, 0.15) is 48.6 Å². The van der Waals surface area contributed by atoms with Crippen LogP contribution >= 0.6 is 11.8 Å². The third-order valence-corrected chi connectivity index (χ3v) is 6.32. The number of aryl methyl sites for hydroxylation is 1. The van der Waals surface area contributed by atoms with Crippen LogP contribution in [0, 0.1) is 12.8 Å². The van der Waals surface area contributed by atoms with Crippen LogP contribution < -0.4 is 15.4 Å². The smallest absolute Gasteiger partial charge is 0.251 e. The second kappa shape index (κ2) is 12.9. The number of rotatable bonds is 12. The predicted octanol–water partition coefficient (Wildman–Crippen LogP) is 5.03. The predicted molar refractivity (Wildman–Crippen MR) is 143 cm³/mol. The molecule has 36 heavy (non-hydrogen) atoms. The number of nitrogens with one attached hydrogen (secondary N) is 2. The highest BCUT2D eigenvalue weighted by Crippen LogP contribution is 2.26. The van der Waals surface area contributed by atoms with Crippen LogP contribution in [-0.2, 0) is 11.3 Å². The van der Waals surface area contributed by atoms with Gasteiger partial charge in [-0.05, 0) is 56.2 Å². The van der Waals surface area contributed by atoms with Crippen LogP contribution in [0.5, 0.6) is 5.75 Å². The van der Waals surface area contributed by atoms with Gasteiger partial charge in [-0.15, -0.1) is 16.8 Å². The summed E-state index contributed by atoms with van der Waals surface area (Å²) in [6, 6.07) is 14.3. The summed E-state index contributed by atoms with van der Waals surface area (Å²) in [5, 5.41) is 15.3. The number of allylic oxidation sites excluding steroid dienone is 1. The fourth-order valence-electron chi connectivity index (χ4n) is 3.61. The Kier molecular flexibility index (Phi) is 9.69. The topological polar surface area (TPSA) is 98.1 Å². The van der Waals surface area contributed by atoms with Crippen molar-refractivity contribution < 1.29 is 14.3 Å². The van der Waals surface area contributed by atoms with Crippen molar-refractivity contribution >= 4 is 29.3 Å². The zero-order chi connectivity index (χ0) is 26.1. The van der Waals surface area contributed by atoms with Crippen LogP contribution in [-0.4, -0.2) is 38.9 Å². The van der Waals surface area contributed by atoms with Gasteiger partial charge >= 0.3 is 0 Å². The zero-order valence-corrected chi connectivity index (χ0v) is 22.0. The third-order valence-electron chi connectivity index (χ3n) is 5.35. The lowest BCUT2D eigenvalue weighted by Gasteiger charge is -2.22. The minimum Gasteiger partial charge on any atom is -0.494 e. The lowest BCUT2D eigenvalue weighted by Crippen LogP contribution is -2.34. The molecule has 2 N–H and O–H groups in total. The molecule has 8 nitrogen and oxygen atoms in total. The van der Waals surface area contributed by atoms with E-state index < -0.39 is 0 Å².